The number of thioether (sulfide) groups is 1. The van der Waals surface area contributed by atoms with Gasteiger partial charge in [0.1, 0.15) is 36.9 Å². The van der Waals surface area contributed by atoms with Crippen molar-refractivity contribution < 1.29 is 48.2 Å². The van der Waals surface area contributed by atoms with Gasteiger partial charge in [-0.15, -0.1) is 11.8 Å². The molecule has 3 heterocycles. The highest BCUT2D eigenvalue weighted by Crippen LogP contribution is 2.40. The topological polar surface area (TPSA) is 263 Å². The molecule has 0 bridgehead atoms. The van der Waals surface area contributed by atoms with Crippen molar-refractivity contribution in [1.82, 2.24) is 10.2 Å². The van der Waals surface area contributed by atoms with Gasteiger partial charge in [0.15, 0.2) is 5.76 Å². The molecule has 1 aromatic rings. The van der Waals surface area contributed by atoms with Crippen LogP contribution < -0.4 is 22.5 Å². The number of carbonyl (C=O) groups excluding carboxylic acids is 3. The van der Waals surface area contributed by atoms with Crippen LogP contribution in [0.4, 0.5) is 4.79 Å². The van der Waals surface area contributed by atoms with E-state index >= 15 is 0 Å². The van der Waals surface area contributed by atoms with Crippen LogP contribution in [-0.2, 0) is 28.8 Å². The first-order chi connectivity index (χ1) is 18.5. The normalized spacial score (nSPS) is 19.1. The Morgan fingerprint density at radius 2 is 2.03 bits per heavy atom. The molecule has 9 N–H and O–H groups in total. The summed E-state index contributed by atoms with van der Waals surface area (Å²) in [4.78, 5) is 63.4. The average molecular weight is 571 g/mol. The van der Waals surface area contributed by atoms with E-state index in [1.54, 1.807) is 6.07 Å². The van der Waals surface area contributed by atoms with Gasteiger partial charge in [-0.25, -0.2) is 9.59 Å². The largest absolute Gasteiger partial charge is 0.480 e. The molecule has 17 heteroatoms. The maximum Gasteiger partial charge on any atom is 0.404 e. The van der Waals surface area contributed by atoms with Crippen LogP contribution in [0.5, 0.6) is 0 Å². The van der Waals surface area contributed by atoms with Crippen LogP contribution in [0.25, 0.3) is 0 Å². The van der Waals surface area contributed by atoms with Gasteiger partial charge in [0.25, 0.3) is 11.8 Å². The van der Waals surface area contributed by atoms with Gasteiger partial charge in [0.2, 0.25) is 5.71 Å². The SMILES string of the molecule is CO/N=C(\C(=O)N[C@@H]1C(=O)N2C(C(=O)O)=C(COC(N)=O)CS[C@@H]12)c1ccco1.NCCCC[C@H](N)C(=O)O. The van der Waals surface area contributed by atoms with Gasteiger partial charge in [-0.3, -0.25) is 19.3 Å². The number of hydrogen-bond donors (Lipinski definition) is 6. The fourth-order valence-corrected chi connectivity index (χ4v) is 4.82. The van der Waals surface area contributed by atoms with E-state index in [-0.39, 0.29) is 35.1 Å². The molecule has 3 rings (SSSR count). The summed E-state index contributed by atoms with van der Waals surface area (Å²) in [6, 6.07) is 1.36. The second kappa shape index (κ2) is 14.7. The summed E-state index contributed by atoms with van der Waals surface area (Å²) < 4.78 is 9.79. The number of carboxylic acid groups (broad SMARTS) is 2. The lowest BCUT2D eigenvalue weighted by Crippen LogP contribution is -2.71. The Morgan fingerprint density at radius 1 is 1.31 bits per heavy atom. The predicted octanol–water partition coefficient (Wildman–Crippen LogP) is -1.01. The molecular weight excluding hydrogens is 540 g/mol. The van der Waals surface area contributed by atoms with E-state index in [0.29, 0.717) is 13.0 Å². The zero-order chi connectivity index (χ0) is 29.1. The first-order valence-corrected chi connectivity index (χ1v) is 12.5. The third-order valence-electron chi connectivity index (χ3n) is 5.36. The smallest absolute Gasteiger partial charge is 0.404 e. The van der Waals surface area contributed by atoms with Gasteiger partial charge >= 0.3 is 18.0 Å². The van der Waals surface area contributed by atoms with Gasteiger partial charge in [-0.2, -0.15) is 0 Å². The Hall–Kier alpha value is -4.09. The summed E-state index contributed by atoms with van der Waals surface area (Å²) in [6.45, 7) is 0.257. The Kier molecular flexibility index (Phi) is 11.8. The number of rotatable bonds is 12. The van der Waals surface area contributed by atoms with Gasteiger partial charge in [0.05, 0.1) is 6.26 Å². The highest BCUT2D eigenvalue weighted by molar-refractivity contribution is 8.00. The number of oxime groups is 1. The van der Waals surface area contributed by atoms with Crippen LogP contribution in [0, 0.1) is 0 Å². The van der Waals surface area contributed by atoms with Crippen molar-refractivity contribution in [2.75, 3.05) is 26.0 Å². The molecule has 0 aromatic carbocycles. The number of ether oxygens (including phenoxy) is 1. The van der Waals surface area contributed by atoms with Crippen molar-refractivity contribution in [2.24, 2.45) is 22.4 Å². The molecule has 2 aliphatic rings. The zero-order valence-corrected chi connectivity index (χ0v) is 21.7. The molecular formula is C22H30N6O10S. The number of fused-ring (bicyclic) bond motifs is 1. The number of nitrogens with one attached hydrogen (secondary N) is 1. The number of furan rings is 1. The number of nitrogens with zero attached hydrogens (tertiary/aromatic N) is 2. The maximum absolute atomic E-state index is 12.6. The van der Waals surface area contributed by atoms with E-state index in [4.69, 9.17) is 26.7 Å². The number of aliphatic carboxylic acids is 2. The lowest BCUT2D eigenvalue weighted by molar-refractivity contribution is -0.150. The minimum Gasteiger partial charge on any atom is -0.480 e. The van der Waals surface area contributed by atoms with E-state index in [1.165, 1.54) is 31.2 Å². The Morgan fingerprint density at radius 3 is 2.56 bits per heavy atom. The fourth-order valence-electron chi connectivity index (χ4n) is 3.50. The highest BCUT2D eigenvalue weighted by Gasteiger charge is 2.54. The summed E-state index contributed by atoms with van der Waals surface area (Å²) >= 11 is 1.21. The van der Waals surface area contributed by atoms with Crippen LogP contribution in [0.3, 0.4) is 0 Å². The van der Waals surface area contributed by atoms with Crippen molar-refractivity contribution in [3.63, 3.8) is 0 Å². The van der Waals surface area contributed by atoms with E-state index in [1.807, 2.05) is 0 Å². The number of primary amides is 1. The second-order valence-corrected chi connectivity index (χ2v) is 9.16. The monoisotopic (exact) mass is 570 g/mol. The van der Waals surface area contributed by atoms with Gasteiger partial charge < -0.3 is 46.7 Å². The number of amides is 3. The summed E-state index contributed by atoms with van der Waals surface area (Å²) in [5, 5.41) is 23.3. The van der Waals surface area contributed by atoms with Crippen LogP contribution in [0.1, 0.15) is 25.0 Å². The molecule has 1 aromatic heterocycles. The number of β-lactam (4-membered cyclic amide) rings is 1. The molecule has 214 valence electrons. The molecule has 0 saturated carbocycles. The lowest BCUT2D eigenvalue weighted by Gasteiger charge is -2.49. The third kappa shape index (κ3) is 8.20. The summed E-state index contributed by atoms with van der Waals surface area (Å²) in [5.74, 6) is -3.32. The van der Waals surface area contributed by atoms with E-state index in [9.17, 15) is 29.1 Å². The Labute approximate surface area is 226 Å². The average Bonchev–Trinajstić information content (AvgIpc) is 3.43. The molecule has 3 atom stereocenters. The number of carboxylic acids is 2. The molecule has 0 unspecified atom stereocenters. The molecule has 0 radical (unpaired) electrons. The standard InChI is InChI=1S/C16H16N4O8S.C6H14N2O2/c1-26-19-9(8-3-2-4-27-8)12(21)18-10-13(22)20-11(15(23)24)7(5-28-16(17)25)6-29-14(10)20;7-4-2-1-3-5(8)6(9)10/h2-4,10,14H,5-6H2,1H3,(H2,17,25)(H,18,21)(H,23,24);5H,1-4,7-8H2,(H,9,10)/b19-9-;/t10-,14+;5-/m10/s1. The molecule has 39 heavy (non-hydrogen) atoms. The van der Waals surface area contributed by atoms with Crippen molar-refractivity contribution in [2.45, 2.75) is 36.7 Å². The van der Waals surface area contributed by atoms with Crippen LogP contribution in [-0.4, -0.2) is 94.1 Å². The number of hydrogen-bond acceptors (Lipinski definition) is 12. The van der Waals surface area contributed by atoms with Crippen molar-refractivity contribution in [1.29, 1.82) is 0 Å². The van der Waals surface area contributed by atoms with Crippen molar-refractivity contribution >= 4 is 47.3 Å². The molecule has 2 aliphatic heterocycles. The van der Waals surface area contributed by atoms with Crippen LogP contribution in [0.15, 0.2) is 39.2 Å². The van der Waals surface area contributed by atoms with Gasteiger partial charge in [-0.05, 0) is 31.5 Å². The van der Waals surface area contributed by atoms with E-state index < -0.39 is 47.3 Å². The Balaban J connectivity index is 0.000000455. The van der Waals surface area contributed by atoms with Crippen LogP contribution >= 0.6 is 11.8 Å². The molecule has 1 fully saturated rings. The molecule has 0 aliphatic carbocycles. The lowest BCUT2D eigenvalue weighted by atomic mass is 10.0. The molecule has 1 saturated heterocycles. The van der Waals surface area contributed by atoms with Crippen molar-refractivity contribution in [3.05, 3.63) is 35.4 Å². The van der Waals surface area contributed by atoms with E-state index in [2.05, 4.69) is 20.0 Å². The third-order valence-corrected chi connectivity index (χ3v) is 6.70. The first kappa shape index (κ1) is 31.1. The number of nitrogens with two attached hydrogens (primary N) is 3. The maximum atomic E-state index is 12.6. The highest BCUT2D eigenvalue weighted by atomic mass is 32.2. The number of carbonyl (C=O) groups is 5. The zero-order valence-electron chi connectivity index (χ0n) is 20.9. The van der Waals surface area contributed by atoms with E-state index in [0.717, 1.165) is 17.7 Å². The Bertz CT molecular complexity index is 1120. The van der Waals surface area contributed by atoms with Gasteiger partial charge in [-0.1, -0.05) is 11.6 Å². The predicted molar refractivity (Wildman–Crippen MR) is 136 cm³/mol. The molecule has 16 nitrogen and oxygen atoms in total. The quantitative estimate of drug-likeness (QED) is 0.0762. The number of unbranched alkanes of at least 4 members (excludes halogenated alkanes) is 1. The van der Waals surface area contributed by atoms with Crippen LogP contribution in [0.2, 0.25) is 0 Å². The molecule has 3 amide bonds. The minimum absolute atomic E-state index is 0.140. The molecule has 0 spiro atoms. The van der Waals surface area contributed by atoms with Gasteiger partial charge in [0, 0.05) is 11.3 Å². The fraction of sp³-hybridized carbons (Fsp3) is 0.455. The summed E-state index contributed by atoms with van der Waals surface area (Å²) in [5.41, 5.74) is 15.1. The second-order valence-electron chi connectivity index (χ2n) is 8.05. The minimum atomic E-state index is -1.35. The first-order valence-electron chi connectivity index (χ1n) is 11.5. The van der Waals surface area contributed by atoms with Crippen molar-refractivity contribution in [3.8, 4) is 0 Å². The summed E-state index contributed by atoms with van der Waals surface area (Å²) in [7, 11) is 1.25. The summed E-state index contributed by atoms with van der Waals surface area (Å²) in [6.07, 6.45) is 2.45.